The number of nitrogens with zero attached hydrogens (tertiary/aromatic N) is 2. The van der Waals surface area contributed by atoms with Crippen LogP contribution in [0.2, 0.25) is 0 Å². The molecule has 2 rings (SSSR count). The van der Waals surface area contributed by atoms with E-state index in [1.54, 1.807) is 0 Å². The highest BCUT2D eigenvalue weighted by molar-refractivity contribution is 5.41. The van der Waals surface area contributed by atoms with Gasteiger partial charge in [-0.15, -0.1) is 0 Å². The number of aromatic nitrogens is 2. The van der Waals surface area contributed by atoms with Gasteiger partial charge in [-0.1, -0.05) is 19.3 Å². The molecular formula is C11H19N5. The van der Waals surface area contributed by atoms with Crippen molar-refractivity contribution in [1.82, 2.24) is 9.97 Å². The van der Waals surface area contributed by atoms with Gasteiger partial charge in [-0.3, -0.25) is 5.43 Å². The molecular weight excluding hydrogens is 202 g/mol. The van der Waals surface area contributed by atoms with Crippen molar-refractivity contribution in [3.8, 4) is 0 Å². The molecule has 1 heterocycles. The molecule has 16 heavy (non-hydrogen) atoms. The number of hydrogen-bond donors (Lipinski definition) is 3. The minimum atomic E-state index is 0.464. The largest absolute Gasteiger partial charge is 0.370 e. The molecule has 1 fully saturated rings. The topological polar surface area (TPSA) is 75.9 Å². The second-order valence-corrected chi connectivity index (χ2v) is 4.37. The monoisotopic (exact) mass is 221 g/mol. The first-order valence-corrected chi connectivity index (χ1v) is 5.84. The van der Waals surface area contributed by atoms with Crippen molar-refractivity contribution < 1.29 is 0 Å². The molecule has 1 aromatic heterocycles. The van der Waals surface area contributed by atoms with Gasteiger partial charge in [0.05, 0.1) is 0 Å². The zero-order chi connectivity index (χ0) is 11.4. The standard InChI is InChI=1S/C11H19N5/c1-8-7-10(15-11(14-8)16-12)13-6-5-9-3-2-4-9/h7,9H,2-6,12H2,1H3,(H2,13,14,15,16). The van der Waals surface area contributed by atoms with Gasteiger partial charge in [0.2, 0.25) is 5.95 Å². The Balaban J connectivity index is 1.84. The summed E-state index contributed by atoms with van der Waals surface area (Å²) in [6.07, 6.45) is 5.41. The van der Waals surface area contributed by atoms with Crippen molar-refractivity contribution in [1.29, 1.82) is 0 Å². The fraction of sp³-hybridized carbons (Fsp3) is 0.636. The SMILES string of the molecule is Cc1cc(NCCC2CCC2)nc(NN)n1. The van der Waals surface area contributed by atoms with Crippen LogP contribution in [0.3, 0.4) is 0 Å². The van der Waals surface area contributed by atoms with E-state index >= 15 is 0 Å². The lowest BCUT2D eigenvalue weighted by Gasteiger charge is -2.25. The van der Waals surface area contributed by atoms with Crippen molar-refractivity contribution in [2.45, 2.75) is 32.6 Å². The summed E-state index contributed by atoms with van der Waals surface area (Å²) in [4.78, 5) is 8.37. The van der Waals surface area contributed by atoms with E-state index in [4.69, 9.17) is 5.84 Å². The van der Waals surface area contributed by atoms with Crippen LogP contribution in [0.1, 0.15) is 31.4 Å². The van der Waals surface area contributed by atoms with E-state index < -0.39 is 0 Å². The lowest BCUT2D eigenvalue weighted by Crippen LogP contribution is -2.17. The Labute approximate surface area is 95.8 Å². The normalized spacial score (nSPS) is 15.6. The van der Waals surface area contributed by atoms with Crippen LogP contribution in [0.4, 0.5) is 11.8 Å². The first kappa shape index (κ1) is 11.1. The zero-order valence-corrected chi connectivity index (χ0v) is 9.66. The third-order valence-electron chi connectivity index (χ3n) is 3.07. The number of anilines is 2. The first-order chi connectivity index (χ1) is 7.78. The molecule has 0 amide bonds. The number of nitrogen functional groups attached to an aromatic ring is 1. The van der Waals surface area contributed by atoms with E-state index in [-0.39, 0.29) is 0 Å². The number of nitrogens with one attached hydrogen (secondary N) is 2. The summed E-state index contributed by atoms with van der Waals surface area (Å²) in [5.41, 5.74) is 3.38. The highest BCUT2D eigenvalue weighted by Crippen LogP contribution is 2.29. The van der Waals surface area contributed by atoms with Gasteiger partial charge in [0.25, 0.3) is 0 Å². The van der Waals surface area contributed by atoms with Crippen molar-refractivity contribution >= 4 is 11.8 Å². The highest BCUT2D eigenvalue weighted by Gasteiger charge is 2.16. The van der Waals surface area contributed by atoms with E-state index in [1.807, 2.05) is 13.0 Å². The van der Waals surface area contributed by atoms with Gasteiger partial charge in [0.15, 0.2) is 0 Å². The van der Waals surface area contributed by atoms with Crippen LogP contribution in [-0.4, -0.2) is 16.5 Å². The summed E-state index contributed by atoms with van der Waals surface area (Å²) in [5.74, 6) is 7.52. The maximum absolute atomic E-state index is 5.29. The number of rotatable bonds is 5. The first-order valence-electron chi connectivity index (χ1n) is 5.84. The molecule has 1 aliphatic carbocycles. The molecule has 5 heteroatoms. The van der Waals surface area contributed by atoms with Crippen LogP contribution in [-0.2, 0) is 0 Å². The van der Waals surface area contributed by atoms with Crippen molar-refractivity contribution in [2.24, 2.45) is 11.8 Å². The summed E-state index contributed by atoms with van der Waals surface area (Å²) in [7, 11) is 0. The molecule has 0 radical (unpaired) electrons. The van der Waals surface area contributed by atoms with Crippen LogP contribution in [0.15, 0.2) is 6.07 Å². The Kier molecular flexibility index (Phi) is 3.56. The minimum Gasteiger partial charge on any atom is -0.370 e. The van der Waals surface area contributed by atoms with Gasteiger partial charge in [-0.25, -0.2) is 10.8 Å². The molecule has 1 aliphatic rings. The van der Waals surface area contributed by atoms with Crippen molar-refractivity contribution in [2.75, 3.05) is 17.3 Å². The average Bonchev–Trinajstić information content (AvgIpc) is 2.21. The fourth-order valence-electron chi connectivity index (χ4n) is 1.91. The summed E-state index contributed by atoms with van der Waals surface area (Å²) in [6.45, 7) is 2.91. The minimum absolute atomic E-state index is 0.464. The van der Waals surface area contributed by atoms with Crippen LogP contribution in [0, 0.1) is 12.8 Å². The van der Waals surface area contributed by atoms with Crippen molar-refractivity contribution in [3.05, 3.63) is 11.8 Å². The lowest BCUT2D eigenvalue weighted by molar-refractivity contribution is 0.303. The molecule has 0 aromatic carbocycles. The molecule has 88 valence electrons. The number of hydrogen-bond acceptors (Lipinski definition) is 5. The Hall–Kier alpha value is -1.36. The fourth-order valence-corrected chi connectivity index (χ4v) is 1.91. The Morgan fingerprint density at radius 1 is 1.44 bits per heavy atom. The van der Waals surface area contributed by atoms with Crippen molar-refractivity contribution in [3.63, 3.8) is 0 Å². The molecule has 0 atom stereocenters. The smallest absolute Gasteiger partial charge is 0.239 e. The highest BCUT2D eigenvalue weighted by atomic mass is 15.3. The Morgan fingerprint density at radius 2 is 2.25 bits per heavy atom. The van der Waals surface area contributed by atoms with E-state index in [0.29, 0.717) is 5.95 Å². The van der Waals surface area contributed by atoms with E-state index in [2.05, 4.69) is 20.7 Å². The van der Waals surface area contributed by atoms with Crippen LogP contribution in [0.25, 0.3) is 0 Å². The summed E-state index contributed by atoms with van der Waals surface area (Å²) in [6, 6.07) is 1.93. The third kappa shape index (κ3) is 2.82. The molecule has 1 saturated carbocycles. The molecule has 0 aliphatic heterocycles. The number of nitrogens with two attached hydrogens (primary N) is 1. The van der Waals surface area contributed by atoms with Crippen LogP contribution in [0.5, 0.6) is 0 Å². The van der Waals surface area contributed by atoms with Gasteiger partial charge in [-0.05, 0) is 19.3 Å². The van der Waals surface area contributed by atoms with Gasteiger partial charge >= 0.3 is 0 Å². The molecule has 0 spiro atoms. The summed E-state index contributed by atoms with van der Waals surface area (Å²) < 4.78 is 0. The predicted octanol–water partition coefficient (Wildman–Crippen LogP) is 1.67. The Bertz CT molecular complexity index is 348. The Morgan fingerprint density at radius 3 is 2.88 bits per heavy atom. The van der Waals surface area contributed by atoms with Gasteiger partial charge in [0, 0.05) is 18.3 Å². The van der Waals surface area contributed by atoms with Gasteiger partial charge in [-0.2, -0.15) is 4.98 Å². The quantitative estimate of drug-likeness (QED) is 0.521. The van der Waals surface area contributed by atoms with E-state index in [0.717, 1.165) is 24.0 Å². The second-order valence-electron chi connectivity index (χ2n) is 4.37. The second kappa shape index (κ2) is 5.12. The maximum atomic E-state index is 5.29. The molecule has 4 N–H and O–H groups in total. The van der Waals surface area contributed by atoms with Crippen LogP contribution >= 0.6 is 0 Å². The van der Waals surface area contributed by atoms with Gasteiger partial charge < -0.3 is 5.32 Å². The molecule has 1 aromatic rings. The summed E-state index contributed by atoms with van der Waals surface area (Å²) in [5, 5.41) is 3.31. The molecule has 5 nitrogen and oxygen atoms in total. The van der Waals surface area contributed by atoms with E-state index in [9.17, 15) is 0 Å². The van der Waals surface area contributed by atoms with Gasteiger partial charge in [0.1, 0.15) is 5.82 Å². The summed E-state index contributed by atoms with van der Waals surface area (Å²) >= 11 is 0. The van der Waals surface area contributed by atoms with Crippen LogP contribution < -0.4 is 16.6 Å². The zero-order valence-electron chi connectivity index (χ0n) is 9.66. The lowest BCUT2D eigenvalue weighted by atomic mass is 9.83. The van der Waals surface area contributed by atoms with E-state index in [1.165, 1.54) is 25.7 Å². The molecule has 0 saturated heterocycles. The average molecular weight is 221 g/mol. The number of aryl methyl sites for hydroxylation is 1. The predicted molar refractivity (Wildman–Crippen MR) is 65.0 cm³/mol. The third-order valence-corrected chi connectivity index (χ3v) is 3.07. The molecule has 0 unspecified atom stereocenters. The maximum Gasteiger partial charge on any atom is 0.239 e. The number of hydrazine groups is 1. The molecule has 0 bridgehead atoms.